The van der Waals surface area contributed by atoms with Gasteiger partial charge in [0.05, 0.1) is 10.6 Å². The maximum absolute atomic E-state index is 12.2. The first-order valence-corrected chi connectivity index (χ1v) is 8.60. The lowest BCUT2D eigenvalue weighted by atomic mass is 9.87. The fraction of sp³-hybridized carbons (Fsp3) is 0.188. The average Bonchev–Trinajstić information content (AvgIpc) is 2.53. The third-order valence-corrected chi connectivity index (χ3v) is 5.14. The van der Waals surface area contributed by atoms with Crippen molar-refractivity contribution in [3.8, 4) is 0 Å². The zero-order chi connectivity index (χ0) is 16.2. The fourth-order valence-corrected chi connectivity index (χ4v) is 3.32. The van der Waals surface area contributed by atoms with Crippen molar-refractivity contribution in [3.05, 3.63) is 59.7 Å². The quantitative estimate of drug-likeness (QED) is 0.638. The van der Waals surface area contributed by atoms with Crippen molar-refractivity contribution >= 4 is 28.6 Å². The molecule has 0 fully saturated rings. The van der Waals surface area contributed by atoms with E-state index in [1.807, 2.05) is 6.92 Å². The van der Waals surface area contributed by atoms with Crippen LogP contribution in [0.2, 0.25) is 0 Å². The predicted molar refractivity (Wildman–Crippen MR) is 87.6 cm³/mol. The number of Topliss-reactive ketones (excluding diaryl/α,β-unsaturated/α-hetero) is 1. The summed E-state index contributed by atoms with van der Waals surface area (Å²) in [7, 11) is -3.62. The Morgan fingerprint density at radius 2 is 1.82 bits per heavy atom. The molecule has 2 aromatic carbocycles. The Morgan fingerprint density at radius 1 is 1.14 bits per heavy atom. The Balaban J connectivity index is 2.08. The monoisotopic (exact) mass is 316 g/mol. The van der Waals surface area contributed by atoms with Gasteiger partial charge in [-0.05, 0) is 19.1 Å². The van der Waals surface area contributed by atoms with Gasteiger partial charge in [0.15, 0.2) is 15.6 Å². The van der Waals surface area contributed by atoms with Crippen LogP contribution in [0.3, 0.4) is 0 Å². The van der Waals surface area contributed by atoms with Gasteiger partial charge < -0.3 is 5.02 Å². The average molecular weight is 316 g/mol. The molecule has 0 aliphatic heterocycles. The van der Waals surface area contributed by atoms with Crippen molar-refractivity contribution in [2.75, 3.05) is 5.75 Å². The fourth-order valence-electron chi connectivity index (χ4n) is 2.08. The van der Waals surface area contributed by atoms with Gasteiger partial charge >= 0.3 is 7.48 Å². The van der Waals surface area contributed by atoms with Gasteiger partial charge in [0, 0.05) is 12.0 Å². The lowest BCUT2D eigenvalue weighted by Gasteiger charge is -2.05. The van der Waals surface area contributed by atoms with Crippen molar-refractivity contribution in [2.45, 2.75) is 18.2 Å². The summed E-state index contributed by atoms with van der Waals surface area (Å²) < 4.78 is 24.4. The van der Waals surface area contributed by atoms with Crippen molar-refractivity contribution < 1.29 is 18.2 Å². The summed E-state index contributed by atoms with van der Waals surface area (Å²) in [6.45, 7) is 1.88. The third kappa shape index (κ3) is 4.05. The van der Waals surface area contributed by atoms with Crippen LogP contribution in [0.5, 0.6) is 0 Å². The molecule has 2 rings (SSSR count). The smallest absolute Gasteiger partial charge is 0.304 e. The highest BCUT2D eigenvalue weighted by Crippen LogP contribution is 2.14. The van der Waals surface area contributed by atoms with Crippen molar-refractivity contribution in [1.29, 1.82) is 0 Å². The Hall–Kier alpha value is -1.92. The molecule has 0 spiro atoms. The maximum Gasteiger partial charge on any atom is 0.304 e. The second kappa shape index (κ2) is 6.90. The van der Waals surface area contributed by atoms with Crippen LogP contribution in [0.25, 0.3) is 0 Å². The number of sulfone groups is 1. The summed E-state index contributed by atoms with van der Waals surface area (Å²) in [5, 5.41) is 9.07. The number of hydrogen-bond donors (Lipinski definition) is 1. The zero-order valence-electron chi connectivity index (χ0n) is 12.3. The summed E-state index contributed by atoms with van der Waals surface area (Å²) in [6.07, 6.45) is -0.0783. The minimum absolute atomic E-state index is 0.0783. The summed E-state index contributed by atoms with van der Waals surface area (Å²) in [4.78, 5) is 12.3. The van der Waals surface area contributed by atoms with Gasteiger partial charge in [0.1, 0.15) is 0 Å². The molecular weight excluding hydrogens is 299 g/mol. The number of aryl methyl sites for hydroxylation is 1. The molecular formula is C16H17BO4S. The largest absolute Gasteiger partial charge is 0.449 e. The molecule has 6 heteroatoms. The highest BCUT2D eigenvalue weighted by molar-refractivity contribution is 7.91. The van der Waals surface area contributed by atoms with Crippen molar-refractivity contribution in [2.24, 2.45) is 0 Å². The van der Waals surface area contributed by atoms with E-state index in [0.29, 0.717) is 11.0 Å². The number of carbonyl (C=O) groups is 1. The Kier molecular flexibility index (Phi) is 5.16. The van der Waals surface area contributed by atoms with Gasteiger partial charge in [-0.3, -0.25) is 4.79 Å². The van der Waals surface area contributed by atoms with E-state index >= 15 is 0 Å². The number of hydrogen-bond acceptors (Lipinski definition) is 4. The minimum Gasteiger partial charge on any atom is -0.449 e. The number of carbonyl (C=O) groups excluding carboxylic acids is 1. The Bertz CT molecular complexity index is 767. The van der Waals surface area contributed by atoms with E-state index in [2.05, 4.69) is 0 Å². The summed E-state index contributed by atoms with van der Waals surface area (Å²) in [5.41, 5.74) is 2.04. The molecule has 2 aromatic rings. The van der Waals surface area contributed by atoms with Crippen LogP contribution in [0.15, 0.2) is 53.4 Å². The molecule has 0 saturated heterocycles. The highest BCUT2D eigenvalue weighted by atomic mass is 32.2. The van der Waals surface area contributed by atoms with Crippen LogP contribution in [0.1, 0.15) is 22.3 Å². The predicted octanol–water partition coefficient (Wildman–Crippen LogP) is 1.01. The van der Waals surface area contributed by atoms with Gasteiger partial charge in [0.2, 0.25) is 0 Å². The SMILES string of the molecule is Cc1ccc(S(=O)(=O)CCC(=O)c2cccc(BO)c2)cc1. The molecule has 0 amide bonds. The standard InChI is InChI=1S/C16H17BO4S/c1-12-5-7-15(8-6-12)22(20,21)10-9-16(18)13-3-2-4-14(11-13)17-19/h2-8,11,17,19H,9-10H2,1H3. The van der Waals surface area contributed by atoms with E-state index in [0.717, 1.165) is 5.56 Å². The van der Waals surface area contributed by atoms with E-state index in [1.165, 1.54) is 0 Å². The first-order chi connectivity index (χ1) is 10.4. The lowest BCUT2D eigenvalue weighted by Crippen LogP contribution is -2.16. The first kappa shape index (κ1) is 16.5. The lowest BCUT2D eigenvalue weighted by molar-refractivity contribution is 0.0989. The normalized spacial score (nSPS) is 11.2. The molecule has 0 heterocycles. The van der Waals surface area contributed by atoms with E-state index < -0.39 is 9.84 Å². The van der Waals surface area contributed by atoms with E-state index in [1.54, 1.807) is 48.5 Å². The van der Waals surface area contributed by atoms with Crippen LogP contribution in [-0.2, 0) is 9.84 Å². The second-order valence-corrected chi connectivity index (χ2v) is 7.27. The molecule has 0 saturated carbocycles. The van der Waals surface area contributed by atoms with Crippen molar-refractivity contribution in [1.82, 2.24) is 0 Å². The summed E-state index contributed by atoms with van der Waals surface area (Å²) in [5.74, 6) is -0.468. The molecule has 114 valence electrons. The summed E-state index contributed by atoms with van der Waals surface area (Å²) in [6, 6.07) is 13.2. The minimum atomic E-state index is -3.47. The topological polar surface area (TPSA) is 71.4 Å². The van der Waals surface area contributed by atoms with Gasteiger partial charge in [-0.25, -0.2) is 8.42 Å². The maximum atomic E-state index is 12.2. The number of rotatable bonds is 6. The van der Waals surface area contributed by atoms with Gasteiger partial charge in [0.25, 0.3) is 0 Å². The zero-order valence-corrected chi connectivity index (χ0v) is 13.1. The van der Waals surface area contributed by atoms with Gasteiger partial charge in [-0.1, -0.05) is 47.4 Å². The first-order valence-electron chi connectivity index (χ1n) is 6.95. The van der Waals surface area contributed by atoms with Crippen LogP contribution >= 0.6 is 0 Å². The molecule has 0 unspecified atom stereocenters. The van der Waals surface area contributed by atoms with Crippen LogP contribution in [-0.4, -0.2) is 32.5 Å². The van der Waals surface area contributed by atoms with Crippen LogP contribution in [0, 0.1) is 6.92 Å². The molecule has 0 radical (unpaired) electrons. The molecule has 1 N–H and O–H groups in total. The second-order valence-electron chi connectivity index (χ2n) is 5.16. The van der Waals surface area contributed by atoms with Crippen LogP contribution in [0.4, 0.5) is 0 Å². The van der Waals surface area contributed by atoms with E-state index in [4.69, 9.17) is 5.02 Å². The van der Waals surface area contributed by atoms with Gasteiger partial charge in [-0.2, -0.15) is 0 Å². The molecule has 0 aliphatic rings. The molecule has 0 atom stereocenters. The van der Waals surface area contributed by atoms with E-state index in [9.17, 15) is 13.2 Å². The molecule has 22 heavy (non-hydrogen) atoms. The van der Waals surface area contributed by atoms with Crippen LogP contribution < -0.4 is 5.46 Å². The molecule has 4 nitrogen and oxygen atoms in total. The molecule has 0 bridgehead atoms. The van der Waals surface area contributed by atoms with Crippen molar-refractivity contribution in [3.63, 3.8) is 0 Å². The molecule has 0 aromatic heterocycles. The van der Waals surface area contributed by atoms with E-state index in [-0.39, 0.29) is 30.3 Å². The number of benzene rings is 2. The summed E-state index contributed by atoms with van der Waals surface area (Å²) >= 11 is 0. The molecule has 0 aliphatic carbocycles. The highest BCUT2D eigenvalue weighted by Gasteiger charge is 2.17. The third-order valence-electron chi connectivity index (χ3n) is 3.41. The van der Waals surface area contributed by atoms with Gasteiger partial charge in [-0.15, -0.1) is 0 Å². The Labute approximate surface area is 131 Å². The Morgan fingerprint density at radius 3 is 2.45 bits per heavy atom. The number of ketones is 1.